The largest absolute Gasteiger partial charge is 0.488 e. The summed E-state index contributed by atoms with van der Waals surface area (Å²) in [4.78, 5) is 32.6. The molecule has 2 atom stereocenters. The number of allylic oxidation sites excluding steroid dienone is 1. The predicted octanol–water partition coefficient (Wildman–Crippen LogP) is 4.73. The van der Waals surface area contributed by atoms with Gasteiger partial charge < -0.3 is 41.5 Å². The molecule has 0 saturated carbocycles. The van der Waals surface area contributed by atoms with E-state index in [0.717, 1.165) is 41.8 Å². The van der Waals surface area contributed by atoms with Crippen molar-refractivity contribution in [1.82, 2.24) is 0 Å². The van der Waals surface area contributed by atoms with Crippen LogP contribution in [-0.4, -0.2) is 56.4 Å². The van der Waals surface area contributed by atoms with E-state index >= 15 is 0 Å². The van der Waals surface area contributed by atoms with E-state index in [4.69, 9.17) is 27.2 Å². The number of hydrogen-bond acceptors (Lipinski definition) is 11. The van der Waals surface area contributed by atoms with Crippen molar-refractivity contribution in [3.05, 3.63) is 96.1 Å². The molecule has 0 aliphatic rings. The van der Waals surface area contributed by atoms with Crippen LogP contribution in [0.1, 0.15) is 75.8 Å². The molecule has 8 N–H and O–H groups in total. The van der Waals surface area contributed by atoms with Crippen molar-refractivity contribution in [2.24, 2.45) is 0 Å². The Morgan fingerprint density at radius 3 is 1.40 bits per heavy atom. The van der Waals surface area contributed by atoms with E-state index < -0.39 is 7.12 Å². The molecule has 0 radical (unpaired) electrons. The summed E-state index contributed by atoms with van der Waals surface area (Å²) in [5, 5.41) is 17.3. The summed E-state index contributed by atoms with van der Waals surface area (Å²) in [6.45, 7) is 6.06. The molecule has 12 heteroatoms. The van der Waals surface area contributed by atoms with Gasteiger partial charge in [-0.05, 0) is 84.1 Å². The number of carbonyl (C=O) groups is 3. The van der Waals surface area contributed by atoms with Crippen LogP contribution in [0.5, 0.6) is 0 Å². The number of rotatable bonds is 11. The van der Waals surface area contributed by atoms with Gasteiger partial charge in [0.1, 0.15) is 0 Å². The third kappa shape index (κ3) is 19.0. The van der Waals surface area contributed by atoms with E-state index in [2.05, 4.69) is 28.1 Å². The van der Waals surface area contributed by atoms with Crippen LogP contribution in [0.25, 0.3) is 0 Å². The molecule has 262 valence electrons. The molecule has 0 saturated heterocycles. The minimum absolute atomic E-state index is 0.177. The summed E-state index contributed by atoms with van der Waals surface area (Å²) in [5.41, 5.74) is 21.4. The fourth-order valence-corrected chi connectivity index (χ4v) is 4.19. The number of esters is 3. The van der Waals surface area contributed by atoms with E-state index in [1.165, 1.54) is 33.5 Å². The number of nitrogens with two attached hydrogens (primary N) is 3. The van der Waals surface area contributed by atoms with E-state index in [1.807, 2.05) is 55.5 Å². The number of methoxy groups -OCH3 is 3. The molecular formula is C36H52BN3O8. The Hall–Kier alpha value is -4.81. The Bertz CT molecular complexity index is 1330. The molecule has 3 aromatic rings. The third-order valence-corrected chi connectivity index (χ3v) is 6.93. The number of ether oxygens (including phenoxy) is 3. The number of hydrogen-bond donors (Lipinski definition) is 5. The van der Waals surface area contributed by atoms with Crippen LogP contribution in [0.4, 0.5) is 17.1 Å². The lowest BCUT2D eigenvalue weighted by Gasteiger charge is -2.14. The molecule has 0 bridgehead atoms. The van der Waals surface area contributed by atoms with Crippen molar-refractivity contribution in [2.75, 3.05) is 38.5 Å². The van der Waals surface area contributed by atoms with Crippen molar-refractivity contribution in [3.63, 3.8) is 0 Å². The molecule has 48 heavy (non-hydrogen) atoms. The Morgan fingerprint density at radius 1 is 0.688 bits per heavy atom. The van der Waals surface area contributed by atoms with Crippen LogP contribution in [0.3, 0.4) is 0 Å². The monoisotopic (exact) mass is 665 g/mol. The number of anilines is 3. The van der Waals surface area contributed by atoms with Gasteiger partial charge in [-0.15, -0.1) is 0 Å². The standard InChI is InChI=1S/2C12H17NO2.C6H8BNO2.C6H10O2/c2*1-3-9(8-12(14)15-2)10-5-4-6-11(13)7-10;8-6-3-1-2-5(4-6)7(9)10;1-3-4-5-6(7)8-2/h2*4-7,9H,3,8,13H2,1-2H3;1-4,9-10H,8H2;4-5H,3H2,1-2H3/b;;;5-4+/t2*9-;;/m10../s1. The van der Waals surface area contributed by atoms with Gasteiger partial charge in [0.25, 0.3) is 0 Å². The van der Waals surface area contributed by atoms with Gasteiger partial charge in [-0.2, -0.15) is 0 Å². The van der Waals surface area contributed by atoms with Gasteiger partial charge in [0.2, 0.25) is 0 Å². The van der Waals surface area contributed by atoms with Gasteiger partial charge in [0.05, 0.1) is 34.2 Å². The zero-order chi connectivity index (χ0) is 36.5. The molecule has 0 aliphatic carbocycles. The Kier molecular flexibility index (Phi) is 22.8. The lowest BCUT2D eigenvalue weighted by atomic mass is 9.80. The fraction of sp³-hybridized carbons (Fsp3) is 0.361. The first-order chi connectivity index (χ1) is 22.8. The van der Waals surface area contributed by atoms with E-state index in [9.17, 15) is 14.4 Å². The first kappa shape index (κ1) is 43.2. The van der Waals surface area contributed by atoms with Crippen molar-refractivity contribution in [1.29, 1.82) is 0 Å². The normalized spacial score (nSPS) is 11.2. The number of nitrogen functional groups attached to an aromatic ring is 3. The lowest BCUT2D eigenvalue weighted by molar-refractivity contribution is -0.142. The van der Waals surface area contributed by atoms with Crippen LogP contribution < -0.4 is 22.7 Å². The van der Waals surface area contributed by atoms with Gasteiger partial charge in [-0.25, -0.2) is 4.79 Å². The van der Waals surface area contributed by atoms with Crippen molar-refractivity contribution in [2.45, 2.75) is 64.7 Å². The summed E-state index contributed by atoms with van der Waals surface area (Å²) in [6, 6.07) is 21.8. The molecule has 0 amide bonds. The highest BCUT2D eigenvalue weighted by molar-refractivity contribution is 6.58. The SMILES string of the molecule is CC/C=C/C(=O)OC.CC[C@@H](CC(=O)OC)c1cccc(N)c1.CC[C@H](CC(=O)OC)c1cccc(N)c1.Nc1cccc(B(O)O)c1. The van der Waals surface area contributed by atoms with Crippen LogP contribution in [0, 0.1) is 0 Å². The predicted molar refractivity (Wildman–Crippen MR) is 193 cm³/mol. The zero-order valence-corrected chi connectivity index (χ0v) is 28.9. The maximum Gasteiger partial charge on any atom is 0.488 e. The van der Waals surface area contributed by atoms with Gasteiger partial charge in [0, 0.05) is 23.1 Å². The smallest absolute Gasteiger partial charge is 0.469 e. The van der Waals surface area contributed by atoms with Gasteiger partial charge >= 0.3 is 25.0 Å². The molecule has 3 aromatic carbocycles. The Balaban J connectivity index is 0.000000633. The molecule has 0 unspecified atom stereocenters. The second-order valence-corrected chi connectivity index (χ2v) is 10.5. The highest BCUT2D eigenvalue weighted by Crippen LogP contribution is 2.26. The fourth-order valence-electron chi connectivity index (χ4n) is 4.19. The summed E-state index contributed by atoms with van der Waals surface area (Å²) < 4.78 is 13.7. The number of benzene rings is 3. The topological polar surface area (TPSA) is 197 Å². The molecule has 0 fully saturated rings. The van der Waals surface area contributed by atoms with Crippen molar-refractivity contribution < 1.29 is 38.6 Å². The molecule has 0 spiro atoms. The average Bonchev–Trinajstić information content (AvgIpc) is 3.08. The van der Waals surface area contributed by atoms with Crippen LogP contribution in [0.15, 0.2) is 84.9 Å². The molecule has 0 aromatic heterocycles. The maximum atomic E-state index is 11.2. The summed E-state index contributed by atoms with van der Waals surface area (Å²) in [7, 11) is 2.76. The minimum atomic E-state index is -1.43. The van der Waals surface area contributed by atoms with Gasteiger partial charge in [-0.1, -0.05) is 63.2 Å². The van der Waals surface area contributed by atoms with E-state index in [1.54, 1.807) is 24.3 Å². The first-order valence-corrected chi connectivity index (χ1v) is 15.7. The molecule has 0 heterocycles. The number of carbonyl (C=O) groups excluding carboxylic acids is 3. The third-order valence-electron chi connectivity index (χ3n) is 6.93. The summed E-state index contributed by atoms with van der Waals surface area (Å²) in [6.07, 6.45) is 6.67. The van der Waals surface area contributed by atoms with Crippen LogP contribution in [-0.2, 0) is 28.6 Å². The first-order valence-electron chi connectivity index (χ1n) is 15.7. The lowest BCUT2D eigenvalue weighted by Crippen LogP contribution is -2.29. The molecule has 0 aliphatic heterocycles. The summed E-state index contributed by atoms with van der Waals surface area (Å²) >= 11 is 0. The zero-order valence-electron chi connectivity index (χ0n) is 28.9. The molecule has 3 rings (SSSR count). The van der Waals surface area contributed by atoms with Gasteiger partial charge in [0.15, 0.2) is 0 Å². The molecule has 11 nitrogen and oxygen atoms in total. The highest BCUT2D eigenvalue weighted by Gasteiger charge is 2.15. The van der Waals surface area contributed by atoms with Gasteiger partial charge in [-0.3, -0.25) is 9.59 Å². The van der Waals surface area contributed by atoms with Crippen molar-refractivity contribution >= 4 is 47.6 Å². The molecular weight excluding hydrogens is 613 g/mol. The second kappa shape index (κ2) is 25.3. The quantitative estimate of drug-likeness (QED) is 0.0624. The van der Waals surface area contributed by atoms with Crippen LogP contribution in [0.2, 0.25) is 0 Å². The highest BCUT2D eigenvalue weighted by atomic mass is 16.5. The van der Waals surface area contributed by atoms with E-state index in [-0.39, 0.29) is 29.7 Å². The van der Waals surface area contributed by atoms with Crippen molar-refractivity contribution in [3.8, 4) is 0 Å². The van der Waals surface area contributed by atoms with Crippen LogP contribution >= 0.6 is 0 Å². The Labute approximate surface area is 285 Å². The Morgan fingerprint density at radius 2 is 1.10 bits per heavy atom. The minimum Gasteiger partial charge on any atom is -0.469 e. The van der Waals surface area contributed by atoms with E-state index in [0.29, 0.717) is 24.0 Å². The average molecular weight is 666 g/mol. The summed E-state index contributed by atoms with van der Waals surface area (Å²) in [5.74, 6) is -0.248. The second-order valence-electron chi connectivity index (χ2n) is 10.5. The maximum absolute atomic E-state index is 11.2.